The quantitative estimate of drug-likeness (QED) is 0.628. The highest BCUT2D eigenvalue weighted by atomic mass is 16.6. The SMILES string of the molecule is COc1cc(CCO)c([N+](=O)[O-])cc1OCc1ccccc1. The molecule has 0 aliphatic carbocycles. The van der Waals surface area contributed by atoms with Crippen molar-refractivity contribution in [2.45, 2.75) is 13.0 Å². The number of aliphatic hydroxyl groups is 1. The van der Waals surface area contributed by atoms with Gasteiger partial charge in [0.2, 0.25) is 0 Å². The summed E-state index contributed by atoms with van der Waals surface area (Å²) >= 11 is 0. The first-order valence-corrected chi connectivity index (χ1v) is 6.78. The Morgan fingerprint density at radius 3 is 2.50 bits per heavy atom. The van der Waals surface area contributed by atoms with Crippen molar-refractivity contribution in [1.82, 2.24) is 0 Å². The fourth-order valence-corrected chi connectivity index (χ4v) is 2.09. The predicted molar refractivity (Wildman–Crippen MR) is 81.2 cm³/mol. The minimum atomic E-state index is -0.486. The molecule has 6 heteroatoms. The lowest BCUT2D eigenvalue weighted by Crippen LogP contribution is -2.03. The van der Waals surface area contributed by atoms with Gasteiger partial charge >= 0.3 is 0 Å². The molecule has 0 fully saturated rings. The molecule has 1 N–H and O–H groups in total. The van der Waals surface area contributed by atoms with Crippen molar-refractivity contribution < 1.29 is 19.5 Å². The Morgan fingerprint density at radius 2 is 1.91 bits per heavy atom. The van der Waals surface area contributed by atoms with Crippen LogP contribution in [-0.2, 0) is 13.0 Å². The zero-order valence-corrected chi connectivity index (χ0v) is 12.2. The lowest BCUT2D eigenvalue weighted by molar-refractivity contribution is -0.385. The van der Waals surface area contributed by atoms with Crippen molar-refractivity contribution in [3.63, 3.8) is 0 Å². The van der Waals surface area contributed by atoms with Gasteiger partial charge in [0.15, 0.2) is 11.5 Å². The summed E-state index contributed by atoms with van der Waals surface area (Å²) in [6.45, 7) is 0.113. The molecule has 0 aliphatic rings. The third-order valence-electron chi connectivity index (χ3n) is 3.18. The molecule has 0 saturated heterocycles. The van der Waals surface area contributed by atoms with Crippen molar-refractivity contribution in [3.8, 4) is 11.5 Å². The van der Waals surface area contributed by atoms with Crippen molar-refractivity contribution in [3.05, 3.63) is 63.7 Å². The lowest BCUT2D eigenvalue weighted by Gasteiger charge is -2.12. The zero-order chi connectivity index (χ0) is 15.9. The van der Waals surface area contributed by atoms with E-state index in [0.717, 1.165) is 5.56 Å². The molecule has 0 saturated carbocycles. The standard InChI is InChI=1S/C16H17NO5/c1-21-15-9-13(7-8-18)14(17(19)20)10-16(15)22-11-12-5-3-2-4-6-12/h2-6,9-10,18H,7-8,11H2,1H3. The van der Waals surface area contributed by atoms with Crippen molar-refractivity contribution >= 4 is 5.69 Å². The Labute approximate surface area is 128 Å². The van der Waals surface area contributed by atoms with E-state index in [4.69, 9.17) is 14.6 Å². The normalized spacial score (nSPS) is 10.3. The molecular formula is C16H17NO5. The Hall–Kier alpha value is -2.60. The van der Waals surface area contributed by atoms with E-state index in [-0.39, 0.29) is 25.3 Å². The first-order chi connectivity index (χ1) is 10.7. The van der Waals surface area contributed by atoms with E-state index in [2.05, 4.69) is 0 Å². The van der Waals surface area contributed by atoms with Gasteiger partial charge < -0.3 is 14.6 Å². The van der Waals surface area contributed by atoms with Crippen molar-refractivity contribution in [2.75, 3.05) is 13.7 Å². The van der Waals surface area contributed by atoms with Gasteiger partial charge in [-0.2, -0.15) is 0 Å². The minimum absolute atomic E-state index is 0.0853. The highest BCUT2D eigenvalue weighted by Gasteiger charge is 2.19. The highest BCUT2D eigenvalue weighted by Crippen LogP contribution is 2.35. The summed E-state index contributed by atoms with van der Waals surface area (Å²) in [4.78, 5) is 10.7. The van der Waals surface area contributed by atoms with Crippen LogP contribution in [0.1, 0.15) is 11.1 Å². The van der Waals surface area contributed by atoms with Gasteiger partial charge in [-0.3, -0.25) is 10.1 Å². The van der Waals surface area contributed by atoms with E-state index >= 15 is 0 Å². The van der Waals surface area contributed by atoms with Crippen molar-refractivity contribution in [2.24, 2.45) is 0 Å². The molecule has 2 rings (SSSR count). The van der Waals surface area contributed by atoms with Crippen LogP contribution in [0.15, 0.2) is 42.5 Å². The molecule has 6 nitrogen and oxygen atoms in total. The molecule has 0 atom stereocenters. The van der Waals surface area contributed by atoms with Gasteiger partial charge in [-0.15, -0.1) is 0 Å². The van der Waals surface area contributed by atoms with E-state index < -0.39 is 4.92 Å². The van der Waals surface area contributed by atoms with E-state index in [1.54, 1.807) is 0 Å². The van der Waals surface area contributed by atoms with Gasteiger partial charge in [-0.25, -0.2) is 0 Å². The van der Waals surface area contributed by atoms with Gasteiger partial charge in [0.1, 0.15) is 6.61 Å². The second kappa shape index (κ2) is 7.42. The van der Waals surface area contributed by atoms with Crippen LogP contribution in [0, 0.1) is 10.1 Å². The number of benzene rings is 2. The van der Waals surface area contributed by atoms with E-state index in [1.165, 1.54) is 19.2 Å². The molecule has 0 heterocycles. The lowest BCUT2D eigenvalue weighted by atomic mass is 10.1. The largest absolute Gasteiger partial charge is 0.493 e. The number of rotatable bonds is 7. The molecule has 2 aromatic rings. The first kappa shape index (κ1) is 15.8. The Morgan fingerprint density at radius 1 is 1.18 bits per heavy atom. The number of nitrogens with zero attached hydrogens (tertiary/aromatic N) is 1. The summed E-state index contributed by atoms with van der Waals surface area (Å²) in [7, 11) is 1.47. The van der Waals surface area contributed by atoms with E-state index in [1.807, 2.05) is 30.3 Å². The second-order valence-corrected chi connectivity index (χ2v) is 4.64. The molecule has 2 aromatic carbocycles. The summed E-state index contributed by atoms with van der Waals surface area (Å²) in [6, 6.07) is 12.4. The van der Waals surface area contributed by atoms with Crippen LogP contribution in [0.2, 0.25) is 0 Å². The van der Waals surface area contributed by atoms with Crippen molar-refractivity contribution in [1.29, 1.82) is 0 Å². The van der Waals surface area contributed by atoms with Gasteiger partial charge in [-0.05, 0) is 11.6 Å². The molecular weight excluding hydrogens is 286 g/mol. The third-order valence-corrected chi connectivity index (χ3v) is 3.18. The highest BCUT2D eigenvalue weighted by molar-refractivity contribution is 5.54. The van der Waals surface area contributed by atoms with Crippen LogP contribution in [0.4, 0.5) is 5.69 Å². The predicted octanol–water partition coefficient (Wildman–Crippen LogP) is 2.72. The van der Waals surface area contributed by atoms with E-state index in [0.29, 0.717) is 17.1 Å². The number of hydrogen-bond acceptors (Lipinski definition) is 5. The van der Waals surface area contributed by atoms with Crippen LogP contribution in [0.3, 0.4) is 0 Å². The maximum Gasteiger partial charge on any atom is 0.276 e. The molecule has 0 radical (unpaired) electrons. The fraction of sp³-hybridized carbons (Fsp3) is 0.250. The van der Waals surface area contributed by atoms with Gasteiger partial charge in [0.25, 0.3) is 5.69 Å². The third kappa shape index (κ3) is 3.73. The Bertz CT molecular complexity index is 642. The maximum atomic E-state index is 11.2. The van der Waals surface area contributed by atoms with Crippen LogP contribution in [0.25, 0.3) is 0 Å². The van der Waals surface area contributed by atoms with Crippen LogP contribution in [0.5, 0.6) is 11.5 Å². The fourth-order valence-electron chi connectivity index (χ4n) is 2.09. The average Bonchev–Trinajstić information content (AvgIpc) is 2.54. The molecule has 0 bridgehead atoms. The van der Waals surface area contributed by atoms with Gasteiger partial charge in [0.05, 0.1) is 18.1 Å². The Balaban J connectivity index is 2.29. The smallest absolute Gasteiger partial charge is 0.276 e. The Kier molecular flexibility index (Phi) is 5.32. The van der Waals surface area contributed by atoms with Crippen LogP contribution < -0.4 is 9.47 Å². The maximum absolute atomic E-state index is 11.2. The number of nitro groups is 1. The molecule has 0 aliphatic heterocycles. The number of hydrogen-bond donors (Lipinski definition) is 1. The summed E-state index contributed by atoms with van der Waals surface area (Å²) < 4.78 is 10.9. The summed E-state index contributed by atoms with van der Waals surface area (Å²) in [5.41, 5.74) is 1.28. The zero-order valence-electron chi connectivity index (χ0n) is 12.2. The molecule has 0 amide bonds. The summed E-state index contributed by atoms with van der Waals surface area (Å²) in [6.07, 6.45) is 0.186. The number of methoxy groups -OCH3 is 1. The van der Waals surface area contributed by atoms with E-state index in [9.17, 15) is 10.1 Å². The summed E-state index contributed by atoms with van der Waals surface area (Å²) in [5, 5.41) is 20.2. The molecule has 0 aromatic heterocycles. The number of aliphatic hydroxyl groups excluding tert-OH is 1. The molecule has 0 unspecified atom stereocenters. The van der Waals surface area contributed by atoms with Crippen LogP contribution >= 0.6 is 0 Å². The average molecular weight is 303 g/mol. The molecule has 22 heavy (non-hydrogen) atoms. The number of ether oxygens (including phenoxy) is 2. The summed E-state index contributed by atoms with van der Waals surface area (Å²) in [5.74, 6) is 0.713. The monoisotopic (exact) mass is 303 g/mol. The van der Waals surface area contributed by atoms with Gasteiger partial charge in [-0.1, -0.05) is 30.3 Å². The number of nitro benzene ring substituents is 1. The minimum Gasteiger partial charge on any atom is -0.493 e. The first-order valence-electron chi connectivity index (χ1n) is 6.78. The topological polar surface area (TPSA) is 81.8 Å². The molecule has 116 valence electrons. The van der Waals surface area contributed by atoms with Gasteiger partial charge in [0, 0.05) is 18.6 Å². The molecule has 0 spiro atoms. The second-order valence-electron chi connectivity index (χ2n) is 4.64. The van der Waals surface area contributed by atoms with Crippen LogP contribution in [-0.4, -0.2) is 23.7 Å².